The number of carbonyl (C=O) groups excluding carboxylic acids is 1. The van der Waals surface area contributed by atoms with Gasteiger partial charge >= 0.3 is 12.1 Å². The van der Waals surface area contributed by atoms with Crippen molar-refractivity contribution >= 4 is 12.1 Å². The lowest BCUT2D eigenvalue weighted by Crippen LogP contribution is -2.36. The number of hydrogen-bond acceptors (Lipinski definition) is 4. The molecule has 0 spiro atoms. The smallest absolute Gasteiger partial charge is 0.410 e. The van der Waals surface area contributed by atoms with Gasteiger partial charge in [0.2, 0.25) is 0 Å². The summed E-state index contributed by atoms with van der Waals surface area (Å²) in [5, 5.41) is 8.98. The molecule has 1 aromatic carbocycles. The SMILES string of the molecule is O=C(O)c1cnc2c(c1)CCN(C(=O)OCc1ccccc1)C2. The number of nitrogens with zero attached hydrogens (tertiary/aromatic N) is 2. The molecule has 1 aliphatic rings. The van der Waals surface area contributed by atoms with E-state index in [1.54, 1.807) is 11.0 Å². The Morgan fingerprint density at radius 2 is 2.04 bits per heavy atom. The van der Waals surface area contributed by atoms with Gasteiger partial charge in [0.05, 0.1) is 17.8 Å². The molecule has 0 saturated heterocycles. The average molecular weight is 312 g/mol. The lowest BCUT2D eigenvalue weighted by Gasteiger charge is -2.27. The minimum atomic E-state index is -0.995. The van der Waals surface area contributed by atoms with Crippen LogP contribution in [0.15, 0.2) is 42.6 Å². The van der Waals surface area contributed by atoms with Gasteiger partial charge in [-0.2, -0.15) is 0 Å². The number of ether oxygens (including phenoxy) is 1. The molecule has 0 radical (unpaired) electrons. The quantitative estimate of drug-likeness (QED) is 0.942. The molecule has 1 N–H and O–H groups in total. The van der Waals surface area contributed by atoms with Gasteiger partial charge in [-0.25, -0.2) is 9.59 Å². The Kier molecular flexibility index (Phi) is 4.23. The minimum Gasteiger partial charge on any atom is -0.478 e. The number of aromatic nitrogens is 1. The van der Waals surface area contributed by atoms with E-state index >= 15 is 0 Å². The molecule has 0 bridgehead atoms. The van der Waals surface area contributed by atoms with Crippen molar-refractivity contribution in [2.45, 2.75) is 19.6 Å². The lowest BCUT2D eigenvalue weighted by atomic mass is 10.0. The van der Waals surface area contributed by atoms with Crippen molar-refractivity contribution in [2.75, 3.05) is 6.54 Å². The Morgan fingerprint density at radius 1 is 1.26 bits per heavy atom. The summed E-state index contributed by atoms with van der Waals surface area (Å²) in [7, 11) is 0. The second-order valence-corrected chi connectivity index (χ2v) is 5.35. The molecule has 0 saturated carbocycles. The van der Waals surface area contributed by atoms with Crippen LogP contribution in [0.1, 0.15) is 27.2 Å². The maximum Gasteiger partial charge on any atom is 0.410 e. The predicted molar refractivity (Wildman–Crippen MR) is 81.9 cm³/mol. The molecule has 118 valence electrons. The zero-order valence-electron chi connectivity index (χ0n) is 12.4. The second-order valence-electron chi connectivity index (χ2n) is 5.35. The number of fused-ring (bicyclic) bond motifs is 1. The maximum absolute atomic E-state index is 12.1. The molecule has 6 heteroatoms. The minimum absolute atomic E-state index is 0.170. The van der Waals surface area contributed by atoms with Crippen LogP contribution in [0.4, 0.5) is 4.79 Å². The van der Waals surface area contributed by atoms with Gasteiger partial charge in [0.25, 0.3) is 0 Å². The molecule has 0 atom stereocenters. The molecular weight excluding hydrogens is 296 g/mol. The monoisotopic (exact) mass is 312 g/mol. The van der Waals surface area contributed by atoms with Gasteiger partial charge in [0.15, 0.2) is 0 Å². The molecular formula is C17H16N2O4. The Hall–Kier alpha value is -2.89. The summed E-state index contributed by atoms with van der Waals surface area (Å²) in [5.74, 6) is -0.995. The zero-order chi connectivity index (χ0) is 16.2. The number of amides is 1. The third-order valence-corrected chi connectivity index (χ3v) is 3.76. The average Bonchev–Trinajstić information content (AvgIpc) is 2.59. The predicted octanol–water partition coefficient (Wildman–Crippen LogP) is 2.47. The Morgan fingerprint density at radius 3 is 2.78 bits per heavy atom. The van der Waals surface area contributed by atoms with Crippen molar-refractivity contribution in [1.82, 2.24) is 9.88 Å². The first kappa shape index (κ1) is 15.0. The van der Waals surface area contributed by atoms with Crippen LogP contribution in [-0.4, -0.2) is 33.6 Å². The van der Waals surface area contributed by atoms with Crippen LogP contribution >= 0.6 is 0 Å². The first-order chi connectivity index (χ1) is 11.1. The van der Waals surface area contributed by atoms with Gasteiger partial charge in [0, 0.05) is 12.7 Å². The number of hydrogen-bond donors (Lipinski definition) is 1. The Balaban J connectivity index is 1.62. The highest BCUT2D eigenvalue weighted by molar-refractivity contribution is 5.87. The summed E-state index contributed by atoms with van der Waals surface area (Å²) in [6, 6.07) is 11.1. The van der Waals surface area contributed by atoms with Crippen molar-refractivity contribution in [3.05, 3.63) is 65.0 Å². The molecule has 1 aromatic heterocycles. The van der Waals surface area contributed by atoms with Gasteiger partial charge < -0.3 is 14.7 Å². The van der Waals surface area contributed by atoms with Crippen molar-refractivity contribution in [3.8, 4) is 0 Å². The number of carboxylic acids is 1. The van der Waals surface area contributed by atoms with Crippen LogP contribution in [0.3, 0.4) is 0 Å². The molecule has 1 amide bonds. The molecule has 2 heterocycles. The van der Waals surface area contributed by atoms with E-state index in [0.717, 1.165) is 16.8 Å². The second kappa shape index (κ2) is 6.48. The summed E-state index contributed by atoms with van der Waals surface area (Å²) < 4.78 is 5.31. The van der Waals surface area contributed by atoms with Crippen molar-refractivity contribution < 1.29 is 19.4 Å². The van der Waals surface area contributed by atoms with Crippen LogP contribution in [0.2, 0.25) is 0 Å². The van der Waals surface area contributed by atoms with Crippen LogP contribution in [0.5, 0.6) is 0 Å². The number of pyridine rings is 1. The first-order valence-corrected chi connectivity index (χ1v) is 7.30. The molecule has 1 aliphatic heterocycles. The summed E-state index contributed by atoms with van der Waals surface area (Å²) in [4.78, 5) is 28.8. The zero-order valence-corrected chi connectivity index (χ0v) is 12.4. The summed E-state index contributed by atoms with van der Waals surface area (Å²) in [6.45, 7) is 1.06. The van der Waals surface area contributed by atoms with Crippen LogP contribution in [-0.2, 0) is 24.3 Å². The molecule has 0 unspecified atom stereocenters. The first-order valence-electron chi connectivity index (χ1n) is 7.30. The van der Waals surface area contributed by atoms with Gasteiger partial charge in [-0.1, -0.05) is 30.3 Å². The topological polar surface area (TPSA) is 79.7 Å². The normalized spacial score (nSPS) is 13.3. The van der Waals surface area contributed by atoms with Crippen molar-refractivity contribution in [1.29, 1.82) is 0 Å². The van der Waals surface area contributed by atoms with E-state index in [0.29, 0.717) is 19.5 Å². The van der Waals surface area contributed by atoms with Crippen LogP contribution in [0, 0.1) is 0 Å². The van der Waals surface area contributed by atoms with E-state index in [1.165, 1.54) is 6.20 Å². The van der Waals surface area contributed by atoms with E-state index in [4.69, 9.17) is 9.84 Å². The number of rotatable bonds is 3. The fraction of sp³-hybridized carbons (Fsp3) is 0.235. The van der Waals surface area contributed by atoms with E-state index in [9.17, 15) is 9.59 Å². The highest BCUT2D eigenvalue weighted by Gasteiger charge is 2.23. The van der Waals surface area contributed by atoms with Gasteiger partial charge in [0.1, 0.15) is 6.61 Å². The van der Waals surface area contributed by atoms with E-state index in [1.807, 2.05) is 30.3 Å². The maximum atomic E-state index is 12.1. The Bertz CT molecular complexity index is 731. The standard InChI is InChI=1S/C17H16N2O4/c20-16(21)14-8-13-6-7-19(10-15(13)18-9-14)17(22)23-11-12-4-2-1-3-5-12/h1-5,8-9H,6-7,10-11H2,(H,20,21). The lowest BCUT2D eigenvalue weighted by molar-refractivity contribution is 0.0695. The summed E-state index contributed by atoms with van der Waals surface area (Å²) in [5.41, 5.74) is 2.70. The van der Waals surface area contributed by atoms with E-state index in [2.05, 4.69) is 4.98 Å². The van der Waals surface area contributed by atoms with Crippen molar-refractivity contribution in [3.63, 3.8) is 0 Å². The molecule has 0 aliphatic carbocycles. The number of carboxylic acid groups (broad SMARTS) is 1. The van der Waals surface area contributed by atoms with Gasteiger partial charge in [-0.05, 0) is 23.6 Å². The van der Waals surface area contributed by atoms with Gasteiger partial charge in [-0.15, -0.1) is 0 Å². The third-order valence-electron chi connectivity index (χ3n) is 3.76. The summed E-state index contributed by atoms with van der Waals surface area (Å²) in [6.07, 6.45) is 1.51. The van der Waals surface area contributed by atoms with E-state index in [-0.39, 0.29) is 18.3 Å². The van der Waals surface area contributed by atoms with E-state index < -0.39 is 5.97 Å². The van der Waals surface area contributed by atoms with Gasteiger partial charge in [-0.3, -0.25) is 4.98 Å². The molecule has 6 nitrogen and oxygen atoms in total. The number of aromatic carboxylic acids is 1. The number of carbonyl (C=O) groups is 2. The Labute approximate surface area is 133 Å². The highest BCUT2D eigenvalue weighted by Crippen LogP contribution is 2.19. The fourth-order valence-electron chi connectivity index (χ4n) is 2.50. The van der Waals surface area contributed by atoms with Crippen LogP contribution in [0.25, 0.3) is 0 Å². The van der Waals surface area contributed by atoms with Crippen molar-refractivity contribution in [2.24, 2.45) is 0 Å². The molecule has 2 aromatic rings. The molecule has 3 rings (SSSR count). The molecule has 0 fully saturated rings. The molecule has 23 heavy (non-hydrogen) atoms. The largest absolute Gasteiger partial charge is 0.478 e. The fourth-order valence-corrected chi connectivity index (χ4v) is 2.50. The third kappa shape index (κ3) is 3.48. The summed E-state index contributed by atoms with van der Waals surface area (Å²) >= 11 is 0. The highest BCUT2D eigenvalue weighted by atomic mass is 16.6. The number of benzene rings is 1. The van der Waals surface area contributed by atoms with Crippen LogP contribution < -0.4 is 0 Å².